The molecule has 90 valence electrons. The molecule has 17 heavy (non-hydrogen) atoms. The molecule has 0 bridgehead atoms. The molecule has 0 amide bonds. The van der Waals surface area contributed by atoms with Crippen molar-refractivity contribution < 1.29 is 14.8 Å². The summed E-state index contributed by atoms with van der Waals surface area (Å²) in [5.41, 5.74) is 0.414. The summed E-state index contributed by atoms with van der Waals surface area (Å²) in [5, 5.41) is 19.6. The lowest BCUT2D eigenvalue weighted by Gasteiger charge is -2.41. The molecular formula is C12H13NO4. The Labute approximate surface area is 98.2 Å². The molecule has 0 spiro atoms. The summed E-state index contributed by atoms with van der Waals surface area (Å²) < 4.78 is 0. The van der Waals surface area contributed by atoms with Gasteiger partial charge in [0.25, 0.3) is 5.69 Å². The summed E-state index contributed by atoms with van der Waals surface area (Å²) in [5.74, 6) is -0.851. The summed E-state index contributed by atoms with van der Waals surface area (Å²) in [6.45, 7) is 0. The van der Waals surface area contributed by atoms with Crippen LogP contribution in [0.15, 0.2) is 24.3 Å². The van der Waals surface area contributed by atoms with Gasteiger partial charge in [0.05, 0.1) is 11.3 Å². The van der Waals surface area contributed by atoms with Gasteiger partial charge in [0.2, 0.25) is 0 Å². The third kappa shape index (κ3) is 2.13. The van der Waals surface area contributed by atoms with Crippen molar-refractivity contribution in [3.8, 4) is 0 Å². The minimum absolute atomic E-state index is 0.0270. The van der Waals surface area contributed by atoms with Gasteiger partial charge in [-0.15, -0.1) is 0 Å². The summed E-state index contributed by atoms with van der Waals surface area (Å²) in [6, 6.07) is 6.34. The number of benzene rings is 1. The second-order valence-corrected chi connectivity index (χ2v) is 4.51. The van der Waals surface area contributed by atoms with Crippen molar-refractivity contribution in [1.82, 2.24) is 0 Å². The molecule has 1 saturated carbocycles. The number of non-ortho nitro benzene ring substituents is 1. The Morgan fingerprint density at radius 3 is 2.65 bits per heavy atom. The minimum Gasteiger partial charge on any atom is -0.481 e. The molecule has 0 atom stereocenters. The normalized spacial score (nSPS) is 17.2. The van der Waals surface area contributed by atoms with Crippen molar-refractivity contribution in [1.29, 1.82) is 0 Å². The molecule has 0 unspecified atom stereocenters. The number of carboxylic acids is 1. The van der Waals surface area contributed by atoms with E-state index in [1.165, 1.54) is 12.1 Å². The second kappa shape index (κ2) is 4.16. The Hall–Kier alpha value is -1.91. The van der Waals surface area contributed by atoms with Gasteiger partial charge in [0.1, 0.15) is 0 Å². The van der Waals surface area contributed by atoms with Crippen LogP contribution in [-0.4, -0.2) is 16.0 Å². The van der Waals surface area contributed by atoms with Gasteiger partial charge < -0.3 is 5.11 Å². The third-order valence-electron chi connectivity index (χ3n) is 3.47. The summed E-state index contributed by atoms with van der Waals surface area (Å²) in [7, 11) is 0. The number of hydrogen-bond acceptors (Lipinski definition) is 3. The first-order chi connectivity index (χ1) is 8.03. The van der Waals surface area contributed by atoms with E-state index in [1.54, 1.807) is 12.1 Å². The predicted octanol–water partition coefficient (Wildman–Crippen LogP) is 2.49. The van der Waals surface area contributed by atoms with Crippen LogP contribution in [0.25, 0.3) is 0 Å². The maximum absolute atomic E-state index is 10.9. The summed E-state index contributed by atoms with van der Waals surface area (Å²) in [6.07, 6.45) is 2.62. The molecule has 5 nitrogen and oxygen atoms in total. The molecule has 1 aliphatic rings. The number of carboxylic acid groups (broad SMARTS) is 1. The first kappa shape index (κ1) is 11.6. The fourth-order valence-electron chi connectivity index (χ4n) is 2.41. The molecule has 0 radical (unpaired) electrons. The standard InChI is InChI=1S/C12H13NO4/c14-11(15)8-12(5-2-6-12)9-3-1-4-10(7-9)13(16)17/h1,3-4,7H,2,5-6,8H2,(H,14,15). The van der Waals surface area contributed by atoms with E-state index in [2.05, 4.69) is 0 Å². The van der Waals surface area contributed by atoms with Crippen LogP contribution in [0, 0.1) is 10.1 Å². The number of nitro benzene ring substituents is 1. The van der Waals surface area contributed by atoms with Crippen LogP contribution in [0.3, 0.4) is 0 Å². The Bertz CT molecular complexity index is 465. The van der Waals surface area contributed by atoms with Gasteiger partial charge in [-0.1, -0.05) is 18.6 Å². The SMILES string of the molecule is O=C(O)CC1(c2cccc([N+](=O)[O-])c2)CCC1. The van der Waals surface area contributed by atoms with Gasteiger partial charge in [-0.3, -0.25) is 14.9 Å². The monoisotopic (exact) mass is 235 g/mol. The zero-order valence-corrected chi connectivity index (χ0v) is 9.26. The Kier molecular flexibility index (Phi) is 2.83. The molecular weight excluding hydrogens is 222 g/mol. The lowest BCUT2D eigenvalue weighted by atomic mass is 9.62. The van der Waals surface area contributed by atoms with Crippen LogP contribution < -0.4 is 0 Å². The molecule has 1 N–H and O–H groups in total. The second-order valence-electron chi connectivity index (χ2n) is 4.51. The largest absolute Gasteiger partial charge is 0.481 e. The van der Waals surface area contributed by atoms with E-state index in [9.17, 15) is 14.9 Å². The zero-order valence-electron chi connectivity index (χ0n) is 9.26. The van der Waals surface area contributed by atoms with Crippen LogP contribution in [0.2, 0.25) is 0 Å². The number of hydrogen-bond donors (Lipinski definition) is 1. The van der Waals surface area contributed by atoms with Crippen LogP contribution in [-0.2, 0) is 10.2 Å². The number of nitro groups is 1. The fourth-order valence-corrected chi connectivity index (χ4v) is 2.41. The Balaban J connectivity index is 2.34. The van der Waals surface area contributed by atoms with Crippen molar-refractivity contribution >= 4 is 11.7 Å². The topological polar surface area (TPSA) is 80.4 Å². The van der Waals surface area contributed by atoms with Gasteiger partial charge in [-0.2, -0.15) is 0 Å². The lowest BCUT2D eigenvalue weighted by molar-refractivity contribution is -0.385. The Morgan fingerprint density at radius 1 is 1.47 bits per heavy atom. The predicted molar refractivity (Wildman–Crippen MR) is 60.9 cm³/mol. The van der Waals surface area contributed by atoms with Gasteiger partial charge in [0, 0.05) is 17.5 Å². The molecule has 0 heterocycles. The van der Waals surface area contributed by atoms with Gasteiger partial charge in [0.15, 0.2) is 0 Å². The van der Waals surface area contributed by atoms with Gasteiger partial charge in [-0.25, -0.2) is 0 Å². The molecule has 1 fully saturated rings. The highest BCUT2D eigenvalue weighted by molar-refractivity contribution is 5.69. The molecule has 0 saturated heterocycles. The minimum atomic E-state index is -0.851. The van der Waals surface area contributed by atoms with Crippen molar-refractivity contribution in [3.63, 3.8) is 0 Å². The van der Waals surface area contributed by atoms with Crippen molar-refractivity contribution in [2.45, 2.75) is 31.1 Å². The zero-order chi connectivity index (χ0) is 12.5. The number of rotatable bonds is 4. The van der Waals surface area contributed by atoms with E-state index in [0.29, 0.717) is 0 Å². The van der Waals surface area contributed by atoms with Crippen LogP contribution >= 0.6 is 0 Å². The Morgan fingerprint density at radius 2 is 2.18 bits per heavy atom. The highest BCUT2D eigenvalue weighted by atomic mass is 16.6. The maximum Gasteiger partial charge on any atom is 0.304 e. The maximum atomic E-state index is 10.9. The van der Waals surface area contributed by atoms with E-state index >= 15 is 0 Å². The lowest BCUT2D eigenvalue weighted by Crippen LogP contribution is -2.36. The molecule has 2 rings (SSSR count). The third-order valence-corrected chi connectivity index (χ3v) is 3.47. The highest BCUT2D eigenvalue weighted by Gasteiger charge is 2.41. The molecule has 1 aliphatic carbocycles. The smallest absolute Gasteiger partial charge is 0.304 e. The quantitative estimate of drug-likeness (QED) is 0.642. The fraction of sp³-hybridized carbons (Fsp3) is 0.417. The van der Waals surface area contributed by atoms with E-state index in [4.69, 9.17) is 5.11 Å². The molecule has 1 aromatic carbocycles. The molecule has 0 aliphatic heterocycles. The van der Waals surface area contributed by atoms with Crippen molar-refractivity contribution in [2.75, 3.05) is 0 Å². The first-order valence-corrected chi connectivity index (χ1v) is 5.50. The summed E-state index contributed by atoms with van der Waals surface area (Å²) >= 11 is 0. The number of aliphatic carboxylic acids is 1. The molecule has 5 heteroatoms. The van der Waals surface area contributed by atoms with E-state index in [0.717, 1.165) is 24.8 Å². The van der Waals surface area contributed by atoms with Crippen molar-refractivity contribution in [2.24, 2.45) is 0 Å². The van der Waals surface area contributed by atoms with E-state index < -0.39 is 16.3 Å². The van der Waals surface area contributed by atoms with Gasteiger partial charge >= 0.3 is 5.97 Å². The van der Waals surface area contributed by atoms with Crippen molar-refractivity contribution in [3.05, 3.63) is 39.9 Å². The van der Waals surface area contributed by atoms with E-state index in [-0.39, 0.29) is 12.1 Å². The molecule has 1 aromatic rings. The number of nitrogens with zero attached hydrogens (tertiary/aromatic N) is 1. The number of carbonyl (C=O) groups is 1. The highest BCUT2D eigenvalue weighted by Crippen LogP contribution is 2.47. The van der Waals surface area contributed by atoms with Crippen LogP contribution in [0.1, 0.15) is 31.2 Å². The average Bonchev–Trinajstić information content (AvgIpc) is 2.23. The van der Waals surface area contributed by atoms with Crippen LogP contribution in [0.4, 0.5) is 5.69 Å². The van der Waals surface area contributed by atoms with E-state index in [1.807, 2.05) is 0 Å². The molecule has 0 aromatic heterocycles. The average molecular weight is 235 g/mol. The summed E-state index contributed by atoms with van der Waals surface area (Å²) in [4.78, 5) is 21.1. The first-order valence-electron chi connectivity index (χ1n) is 5.50. The van der Waals surface area contributed by atoms with Crippen LogP contribution in [0.5, 0.6) is 0 Å². The van der Waals surface area contributed by atoms with Gasteiger partial charge in [-0.05, 0) is 18.4 Å².